The Labute approximate surface area is 118 Å². The summed E-state index contributed by atoms with van der Waals surface area (Å²) in [5, 5.41) is 0. The van der Waals surface area contributed by atoms with Gasteiger partial charge < -0.3 is 10.6 Å². The Morgan fingerprint density at radius 1 is 1.21 bits per heavy atom. The topological polar surface area (TPSA) is 49.6 Å². The van der Waals surface area contributed by atoms with Crippen molar-refractivity contribution in [2.45, 2.75) is 53.0 Å². The van der Waals surface area contributed by atoms with Crippen molar-refractivity contribution in [3.05, 3.63) is 0 Å². The highest BCUT2D eigenvalue weighted by Gasteiger charge is 2.29. The van der Waals surface area contributed by atoms with Gasteiger partial charge in [0.15, 0.2) is 0 Å². The summed E-state index contributed by atoms with van der Waals surface area (Å²) in [4.78, 5) is 16.9. The first kappa shape index (κ1) is 16.4. The third-order valence-corrected chi connectivity index (χ3v) is 3.95. The van der Waals surface area contributed by atoms with E-state index in [-0.39, 0.29) is 11.3 Å². The molecular weight excluding hydrogens is 238 g/mol. The van der Waals surface area contributed by atoms with Crippen LogP contribution >= 0.6 is 0 Å². The number of hydrogen-bond acceptors (Lipinski definition) is 3. The Morgan fingerprint density at radius 3 is 2.42 bits per heavy atom. The molecule has 1 saturated heterocycles. The maximum atomic E-state index is 12.3. The minimum Gasteiger partial charge on any atom is -0.341 e. The summed E-state index contributed by atoms with van der Waals surface area (Å²) in [7, 11) is 0. The molecule has 1 fully saturated rings. The van der Waals surface area contributed by atoms with Crippen LogP contribution in [0.3, 0.4) is 0 Å². The fourth-order valence-corrected chi connectivity index (χ4v) is 2.82. The Morgan fingerprint density at radius 2 is 1.89 bits per heavy atom. The number of amides is 1. The number of nitrogens with zero attached hydrogens (tertiary/aromatic N) is 2. The summed E-state index contributed by atoms with van der Waals surface area (Å²) >= 11 is 0. The van der Waals surface area contributed by atoms with Gasteiger partial charge in [-0.05, 0) is 25.8 Å². The molecule has 4 heteroatoms. The van der Waals surface area contributed by atoms with Crippen LogP contribution < -0.4 is 5.73 Å². The van der Waals surface area contributed by atoms with Crippen molar-refractivity contribution in [3.63, 3.8) is 0 Å². The van der Waals surface area contributed by atoms with E-state index >= 15 is 0 Å². The predicted octanol–water partition coefficient (Wildman–Crippen LogP) is 1.69. The van der Waals surface area contributed by atoms with Gasteiger partial charge in [-0.2, -0.15) is 0 Å². The van der Waals surface area contributed by atoms with Gasteiger partial charge in [0.1, 0.15) is 0 Å². The normalized spacial score (nSPS) is 20.2. The smallest absolute Gasteiger partial charge is 0.227 e. The Balaban J connectivity index is 2.58. The van der Waals surface area contributed by atoms with E-state index in [1.165, 1.54) is 0 Å². The molecule has 1 unspecified atom stereocenters. The molecule has 2 N–H and O–H groups in total. The monoisotopic (exact) mass is 269 g/mol. The van der Waals surface area contributed by atoms with Gasteiger partial charge in [-0.15, -0.1) is 0 Å². The van der Waals surface area contributed by atoms with Crippen LogP contribution in [-0.4, -0.2) is 54.5 Å². The van der Waals surface area contributed by atoms with Gasteiger partial charge in [-0.1, -0.05) is 27.7 Å². The van der Waals surface area contributed by atoms with Gasteiger partial charge in [0.25, 0.3) is 0 Å². The predicted molar refractivity (Wildman–Crippen MR) is 80.0 cm³/mol. The molecule has 0 spiro atoms. The molecule has 1 rings (SSSR count). The lowest BCUT2D eigenvalue weighted by Crippen LogP contribution is -2.43. The average Bonchev–Trinajstić information content (AvgIpc) is 2.59. The van der Waals surface area contributed by atoms with Gasteiger partial charge in [0.2, 0.25) is 5.91 Å². The van der Waals surface area contributed by atoms with Crippen LogP contribution in [0.4, 0.5) is 0 Å². The maximum absolute atomic E-state index is 12.3. The van der Waals surface area contributed by atoms with E-state index in [0.717, 1.165) is 52.0 Å². The highest BCUT2D eigenvalue weighted by atomic mass is 16.2. The van der Waals surface area contributed by atoms with Crippen molar-refractivity contribution in [2.24, 2.45) is 11.1 Å². The number of nitrogens with two attached hydrogens (primary N) is 1. The fraction of sp³-hybridized carbons (Fsp3) is 0.933. The van der Waals surface area contributed by atoms with Gasteiger partial charge in [-0.25, -0.2) is 0 Å². The summed E-state index contributed by atoms with van der Waals surface area (Å²) in [6.45, 7) is 12.8. The molecule has 0 radical (unpaired) electrons. The lowest BCUT2D eigenvalue weighted by molar-refractivity contribution is -0.139. The van der Waals surface area contributed by atoms with E-state index in [2.05, 4.69) is 11.8 Å². The summed E-state index contributed by atoms with van der Waals surface area (Å²) < 4.78 is 0. The number of carbonyl (C=O) groups excluding carboxylic acids is 1. The van der Waals surface area contributed by atoms with Crippen LogP contribution in [0.15, 0.2) is 0 Å². The lowest BCUT2D eigenvalue weighted by Gasteiger charge is -2.31. The van der Waals surface area contributed by atoms with E-state index in [1.54, 1.807) is 0 Å². The van der Waals surface area contributed by atoms with E-state index < -0.39 is 0 Å². The summed E-state index contributed by atoms with van der Waals surface area (Å²) in [5.41, 5.74) is 5.42. The number of hydrogen-bond donors (Lipinski definition) is 1. The molecule has 0 aromatic heterocycles. The zero-order valence-corrected chi connectivity index (χ0v) is 13.1. The first-order valence-corrected chi connectivity index (χ1v) is 7.63. The summed E-state index contributed by atoms with van der Waals surface area (Å²) in [6, 6.07) is 0.578. The standard InChI is InChI=1S/C15H31N3O/c1-5-13(7-8-16)17-9-6-10-18(12-11-17)14(19)15(2,3)4/h13H,5-12,16H2,1-4H3. The van der Waals surface area contributed by atoms with Crippen molar-refractivity contribution in [3.8, 4) is 0 Å². The minimum absolute atomic E-state index is 0.267. The molecule has 0 aliphatic carbocycles. The van der Waals surface area contributed by atoms with Crippen molar-refractivity contribution in [1.82, 2.24) is 9.80 Å². The Kier molecular flexibility index (Phi) is 6.27. The van der Waals surface area contributed by atoms with Crippen molar-refractivity contribution < 1.29 is 4.79 Å². The second-order valence-corrected chi connectivity index (χ2v) is 6.57. The molecule has 1 aliphatic rings. The van der Waals surface area contributed by atoms with Gasteiger partial charge in [-0.3, -0.25) is 9.69 Å². The highest BCUT2D eigenvalue weighted by Crippen LogP contribution is 2.20. The summed E-state index contributed by atoms with van der Waals surface area (Å²) in [6.07, 6.45) is 3.27. The quantitative estimate of drug-likeness (QED) is 0.845. The molecule has 0 bridgehead atoms. The van der Waals surface area contributed by atoms with Crippen molar-refractivity contribution >= 4 is 5.91 Å². The van der Waals surface area contributed by atoms with Crippen LogP contribution in [0.2, 0.25) is 0 Å². The maximum Gasteiger partial charge on any atom is 0.227 e. The van der Waals surface area contributed by atoms with E-state index in [0.29, 0.717) is 6.04 Å². The van der Waals surface area contributed by atoms with E-state index in [1.807, 2.05) is 25.7 Å². The molecule has 1 amide bonds. The number of carbonyl (C=O) groups is 1. The van der Waals surface area contributed by atoms with Crippen molar-refractivity contribution in [2.75, 3.05) is 32.7 Å². The lowest BCUT2D eigenvalue weighted by atomic mass is 9.94. The van der Waals surface area contributed by atoms with Gasteiger partial charge in [0, 0.05) is 37.6 Å². The zero-order chi connectivity index (χ0) is 14.5. The molecule has 1 aliphatic heterocycles. The highest BCUT2D eigenvalue weighted by molar-refractivity contribution is 5.81. The zero-order valence-electron chi connectivity index (χ0n) is 13.1. The van der Waals surface area contributed by atoms with Crippen LogP contribution in [0, 0.1) is 5.41 Å². The average molecular weight is 269 g/mol. The minimum atomic E-state index is -0.267. The van der Waals surface area contributed by atoms with Crippen LogP contribution in [0.5, 0.6) is 0 Å². The first-order chi connectivity index (χ1) is 8.90. The molecule has 0 aromatic carbocycles. The molecule has 1 atom stereocenters. The molecule has 0 saturated carbocycles. The molecule has 19 heavy (non-hydrogen) atoms. The second kappa shape index (κ2) is 7.25. The largest absolute Gasteiger partial charge is 0.341 e. The van der Waals surface area contributed by atoms with Gasteiger partial charge in [0.05, 0.1) is 0 Å². The van der Waals surface area contributed by atoms with Crippen LogP contribution in [-0.2, 0) is 4.79 Å². The SMILES string of the molecule is CCC(CCN)N1CCCN(C(=O)C(C)(C)C)CC1. The van der Waals surface area contributed by atoms with E-state index in [4.69, 9.17) is 5.73 Å². The first-order valence-electron chi connectivity index (χ1n) is 7.63. The van der Waals surface area contributed by atoms with Gasteiger partial charge >= 0.3 is 0 Å². The van der Waals surface area contributed by atoms with Crippen LogP contribution in [0.25, 0.3) is 0 Å². The fourth-order valence-electron chi connectivity index (χ4n) is 2.82. The Hall–Kier alpha value is -0.610. The Bertz CT molecular complexity index is 286. The van der Waals surface area contributed by atoms with Crippen molar-refractivity contribution in [1.29, 1.82) is 0 Å². The molecule has 1 heterocycles. The number of rotatable bonds is 4. The molecular formula is C15H31N3O. The van der Waals surface area contributed by atoms with Crippen LogP contribution in [0.1, 0.15) is 47.0 Å². The summed E-state index contributed by atoms with van der Waals surface area (Å²) in [5.74, 6) is 0.279. The molecule has 0 aromatic rings. The van der Waals surface area contributed by atoms with E-state index in [9.17, 15) is 4.79 Å². The molecule has 4 nitrogen and oxygen atoms in total. The third-order valence-electron chi connectivity index (χ3n) is 3.95. The second-order valence-electron chi connectivity index (χ2n) is 6.57. The molecule has 112 valence electrons. The third kappa shape index (κ3) is 4.77.